The van der Waals surface area contributed by atoms with Crippen molar-refractivity contribution in [1.29, 1.82) is 0 Å². The van der Waals surface area contributed by atoms with Crippen LogP contribution in [0.25, 0.3) is 17.0 Å². The summed E-state index contributed by atoms with van der Waals surface area (Å²) in [6, 6.07) is 13.7. The van der Waals surface area contributed by atoms with Crippen molar-refractivity contribution < 1.29 is 23.1 Å². The predicted octanol–water partition coefficient (Wildman–Crippen LogP) is 3.12. The maximum atomic E-state index is 14.4. The molecule has 0 fully saturated rings. The van der Waals surface area contributed by atoms with Crippen molar-refractivity contribution in [1.82, 2.24) is 24.7 Å². The molecule has 0 spiro atoms. The van der Waals surface area contributed by atoms with E-state index < -0.39 is 23.6 Å². The zero-order chi connectivity index (χ0) is 29.3. The van der Waals surface area contributed by atoms with E-state index in [9.17, 15) is 18.4 Å². The summed E-state index contributed by atoms with van der Waals surface area (Å²) < 4.78 is 34.7. The number of methoxy groups -OCH3 is 1. The summed E-state index contributed by atoms with van der Waals surface area (Å²) in [5, 5.41) is 4.47. The van der Waals surface area contributed by atoms with Crippen LogP contribution in [0.3, 0.4) is 0 Å². The fourth-order valence-electron chi connectivity index (χ4n) is 4.33. The number of nitrogen functional groups attached to an aromatic ring is 2. The van der Waals surface area contributed by atoms with Gasteiger partial charge < -0.3 is 21.9 Å². The Morgan fingerprint density at radius 2 is 1.76 bits per heavy atom. The van der Waals surface area contributed by atoms with Crippen molar-refractivity contribution >= 4 is 40.4 Å². The van der Waals surface area contributed by atoms with Gasteiger partial charge in [0.25, 0.3) is 5.95 Å². The summed E-state index contributed by atoms with van der Waals surface area (Å²) in [5.74, 6) is -2.30. The molecule has 0 saturated carbocycles. The number of halogens is 2. The first kappa shape index (κ1) is 26.9. The number of aromatic nitrogens is 5. The van der Waals surface area contributed by atoms with Crippen molar-refractivity contribution in [2.24, 2.45) is 5.73 Å². The lowest BCUT2D eigenvalue weighted by Gasteiger charge is -2.23. The largest absolute Gasteiger partial charge is 0.452 e. The van der Waals surface area contributed by atoms with Gasteiger partial charge in [-0.15, -0.1) is 0 Å². The van der Waals surface area contributed by atoms with Crippen molar-refractivity contribution in [3.05, 3.63) is 94.8 Å². The first-order valence-corrected chi connectivity index (χ1v) is 12.1. The van der Waals surface area contributed by atoms with Crippen LogP contribution in [0, 0.1) is 11.6 Å². The molecule has 2 amide bonds. The normalized spacial score (nSPS) is 11.0. The van der Waals surface area contributed by atoms with Crippen LogP contribution in [0.15, 0.2) is 60.8 Å². The number of anilines is 3. The van der Waals surface area contributed by atoms with Crippen LogP contribution < -0.4 is 22.1 Å². The third-order valence-electron chi connectivity index (χ3n) is 6.20. The molecule has 0 atom stereocenters. The number of pyridine rings is 1. The third-order valence-corrected chi connectivity index (χ3v) is 6.20. The number of hydrogen-bond donors (Lipinski definition) is 3. The Bertz CT molecular complexity index is 1790. The monoisotopic (exact) mass is 559 g/mol. The molecule has 0 aliphatic heterocycles. The van der Waals surface area contributed by atoms with Crippen LogP contribution in [0.5, 0.6) is 0 Å². The van der Waals surface area contributed by atoms with E-state index >= 15 is 0 Å². The summed E-state index contributed by atoms with van der Waals surface area (Å²) in [7, 11) is 1.17. The van der Waals surface area contributed by atoms with Gasteiger partial charge >= 0.3 is 6.09 Å². The van der Waals surface area contributed by atoms with E-state index in [0.717, 1.165) is 11.1 Å². The number of carbonyl (C=O) groups excluding carboxylic acids is 2. The SMILES string of the molecule is COC(=O)N(Cc1cccc(C(N)=O)c1)c1c(N)nc(-n2nc(Cc3ccccc3F)c3ncc(F)cc32)nc1N. The number of nitrogens with two attached hydrogens (primary N) is 3. The summed E-state index contributed by atoms with van der Waals surface area (Å²) >= 11 is 0. The molecule has 6 N–H and O–H groups in total. The van der Waals surface area contributed by atoms with Gasteiger partial charge in [-0.2, -0.15) is 19.7 Å². The molecule has 208 valence electrons. The molecule has 0 unspecified atom stereocenters. The predicted molar refractivity (Wildman–Crippen MR) is 146 cm³/mol. The number of amides is 2. The molecule has 3 aromatic heterocycles. The molecular weight excluding hydrogens is 536 g/mol. The lowest BCUT2D eigenvalue weighted by Crippen LogP contribution is -2.32. The van der Waals surface area contributed by atoms with Gasteiger partial charge in [0.05, 0.1) is 31.1 Å². The van der Waals surface area contributed by atoms with E-state index in [-0.39, 0.29) is 47.3 Å². The van der Waals surface area contributed by atoms with Gasteiger partial charge in [-0.05, 0) is 29.3 Å². The maximum Gasteiger partial charge on any atom is 0.414 e. The first-order valence-electron chi connectivity index (χ1n) is 12.1. The summed E-state index contributed by atoms with van der Waals surface area (Å²) in [6.07, 6.45) is 0.248. The van der Waals surface area contributed by atoms with Gasteiger partial charge in [0.1, 0.15) is 22.8 Å². The number of benzene rings is 2. The minimum Gasteiger partial charge on any atom is -0.452 e. The van der Waals surface area contributed by atoms with Crippen molar-refractivity contribution in [2.45, 2.75) is 13.0 Å². The van der Waals surface area contributed by atoms with Crippen LogP contribution in [0.1, 0.15) is 27.2 Å². The fourth-order valence-corrected chi connectivity index (χ4v) is 4.33. The highest BCUT2D eigenvalue weighted by molar-refractivity contribution is 5.95. The van der Waals surface area contributed by atoms with Crippen LogP contribution in [0.2, 0.25) is 0 Å². The van der Waals surface area contributed by atoms with Crippen LogP contribution in [-0.2, 0) is 17.7 Å². The number of hydrogen-bond acceptors (Lipinski definition) is 9. The number of carbonyl (C=O) groups is 2. The zero-order valence-electron chi connectivity index (χ0n) is 21.6. The molecule has 12 nitrogen and oxygen atoms in total. The molecule has 0 aliphatic rings. The highest BCUT2D eigenvalue weighted by Crippen LogP contribution is 2.32. The first-order chi connectivity index (χ1) is 19.7. The topological polar surface area (TPSA) is 181 Å². The van der Waals surface area contributed by atoms with Crippen molar-refractivity contribution in [3.63, 3.8) is 0 Å². The van der Waals surface area contributed by atoms with E-state index in [1.807, 2.05) is 0 Å². The second kappa shape index (κ2) is 10.8. The Morgan fingerprint density at radius 1 is 1.02 bits per heavy atom. The lowest BCUT2D eigenvalue weighted by atomic mass is 10.1. The maximum absolute atomic E-state index is 14.4. The van der Waals surface area contributed by atoms with Crippen LogP contribution >= 0.6 is 0 Å². The molecule has 2 aromatic carbocycles. The fraction of sp³-hybridized carbons (Fsp3) is 0.111. The van der Waals surface area contributed by atoms with Gasteiger partial charge in [0.2, 0.25) is 5.91 Å². The average Bonchev–Trinajstić information content (AvgIpc) is 3.30. The summed E-state index contributed by atoms with van der Waals surface area (Å²) in [6.45, 7) is -0.114. The highest BCUT2D eigenvalue weighted by Gasteiger charge is 2.26. The van der Waals surface area contributed by atoms with E-state index in [1.165, 1.54) is 36.1 Å². The molecule has 0 saturated heterocycles. The summed E-state index contributed by atoms with van der Waals surface area (Å²) in [5.41, 5.74) is 19.8. The molecule has 5 aromatic rings. The van der Waals surface area contributed by atoms with Gasteiger partial charge in [-0.3, -0.25) is 9.69 Å². The molecule has 0 aliphatic carbocycles. The number of ether oxygens (including phenoxy) is 1. The highest BCUT2D eigenvalue weighted by atomic mass is 19.1. The Morgan fingerprint density at radius 3 is 2.44 bits per heavy atom. The zero-order valence-corrected chi connectivity index (χ0v) is 21.6. The number of fused-ring (bicyclic) bond motifs is 1. The van der Waals surface area contributed by atoms with Crippen LogP contribution in [0.4, 0.5) is 30.9 Å². The number of primary amides is 1. The van der Waals surface area contributed by atoms with E-state index in [0.29, 0.717) is 22.3 Å². The Labute approximate surface area is 231 Å². The molecule has 41 heavy (non-hydrogen) atoms. The van der Waals surface area contributed by atoms with Crippen molar-refractivity contribution in [3.8, 4) is 5.95 Å². The van der Waals surface area contributed by atoms with E-state index in [1.54, 1.807) is 30.3 Å². The minimum atomic E-state index is -0.827. The molecular formula is C27H23F2N9O3. The smallest absolute Gasteiger partial charge is 0.414 e. The second-order valence-corrected chi connectivity index (χ2v) is 8.91. The standard InChI is InChI=1S/C27H23F2N9O3/c1-41-27(40)37(13-14-5-4-7-16(9-14)25(32)39)22-23(30)34-26(35-24(22)31)38-20-11-17(28)12-33-21(20)19(36-38)10-15-6-2-3-8-18(15)29/h2-9,11-12H,10,13H2,1H3,(H2,32,39)(H4,30,31,34,35). The molecule has 3 heterocycles. The molecule has 14 heteroatoms. The van der Waals surface area contributed by atoms with Crippen molar-refractivity contribution in [2.75, 3.05) is 23.5 Å². The quantitative estimate of drug-likeness (QED) is 0.270. The second-order valence-electron chi connectivity index (χ2n) is 8.91. The average molecular weight is 560 g/mol. The Balaban J connectivity index is 1.58. The van der Waals surface area contributed by atoms with Gasteiger partial charge in [-0.25, -0.2) is 18.6 Å². The van der Waals surface area contributed by atoms with Gasteiger partial charge in [0.15, 0.2) is 11.6 Å². The lowest BCUT2D eigenvalue weighted by molar-refractivity contribution is 0.1000. The van der Waals surface area contributed by atoms with Crippen LogP contribution in [-0.4, -0.2) is 43.8 Å². The van der Waals surface area contributed by atoms with E-state index in [2.05, 4.69) is 20.1 Å². The Hall–Kier alpha value is -5.66. The number of rotatable bonds is 7. The Kier molecular flexibility index (Phi) is 7.12. The number of nitrogens with zero attached hydrogens (tertiary/aromatic N) is 6. The molecule has 0 radical (unpaired) electrons. The summed E-state index contributed by atoms with van der Waals surface area (Å²) in [4.78, 5) is 38.2. The van der Waals surface area contributed by atoms with E-state index in [4.69, 9.17) is 21.9 Å². The van der Waals surface area contributed by atoms with Gasteiger partial charge in [0, 0.05) is 18.1 Å². The molecule has 5 rings (SSSR count). The van der Waals surface area contributed by atoms with Gasteiger partial charge in [-0.1, -0.05) is 30.3 Å². The molecule has 0 bridgehead atoms. The minimum absolute atomic E-state index is 0.0539. The third kappa shape index (κ3) is 5.30.